The van der Waals surface area contributed by atoms with Gasteiger partial charge in [0.25, 0.3) is 0 Å². The molecule has 0 saturated carbocycles. The van der Waals surface area contributed by atoms with Crippen LogP contribution < -0.4 is 9.47 Å². The first-order chi connectivity index (χ1) is 25.8. The summed E-state index contributed by atoms with van der Waals surface area (Å²) < 4.78 is 60.0. The summed E-state index contributed by atoms with van der Waals surface area (Å²) in [5.74, 6) is -0.370. The van der Waals surface area contributed by atoms with Crippen LogP contribution in [0.15, 0.2) is 46.4 Å². The lowest BCUT2D eigenvalue weighted by Gasteiger charge is -2.32. The molecule has 1 saturated heterocycles. The van der Waals surface area contributed by atoms with Crippen molar-refractivity contribution in [3.63, 3.8) is 0 Å². The number of halogens is 5. The summed E-state index contributed by atoms with van der Waals surface area (Å²) in [6.45, 7) is 21.4. The lowest BCUT2D eigenvalue weighted by Crippen LogP contribution is -2.41. The summed E-state index contributed by atoms with van der Waals surface area (Å²) in [5.41, 5.74) is 1.13. The molecule has 3 heterocycles. The molecule has 0 radical (unpaired) electrons. The second-order valence-electron chi connectivity index (χ2n) is 16.3. The molecule has 2 aromatic carbocycles. The summed E-state index contributed by atoms with van der Waals surface area (Å²) in [4.78, 5) is 27.4. The maximum Gasteiger partial charge on any atom is 0.490 e. The zero-order valence-electron chi connectivity index (χ0n) is 34.3. The predicted octanol–water partition coefficient (Wildman–Crippen LogP) is 10.9. The van der Waals surface area contributed by atoms with Crippen molar-refractivity contribution in [3.8, 4) is 11.5 Å². The average Bonchev–Trinajstić information content (AvgIpc) is 3.32. The lowest BCUT2D eigenvalue weighted by atomic mass is 9.75. The third-order valence-electron chi connectivity index (χ3n) is 9.08. The van der Waals surface area contributed by atoms with E-state index in [9.17, 15) is 18.4 Å². The molecule has 3 aliphatic rings. The van der Waals surface area contributed by atoms with Crippen LogP contribution in [0, 0.1) is 11.6 Å². The number of nitrogens with zero attached hydrogens (tertiary/aromatic N) is 2. The van der Waals surface area contributed by atoms with Crippen LogP contribution in [0.2, 0.25) is 10.0 Å². The van der Waals surface area contributed by atoms with Gasteiger partial charge in [0, 0.05) is 30.7 Å². The number of methoxy groups -OCH3 is 2. The molecule has 3 aliphatic heterocycles. The van der Waals surface area contributed by atoms with Gasteiger partial charge in [-0.1, -0.05) is 51.3 Å². The van der Waals surface area contributed by atoms with Gasteiger partial charge in [0.15, 0.2) is 0 Å². The Labute approximate surface area is 349 Å². The molecule has 0 aliphatic carbocycles. The van der Waals surface area contributed by atoms with Gasteiger partial charge >= 0.3 is 19.3 Å². The normalized spacial score (nSPS) is 17.7. The highest BCUT2D eigenvalue weighted by molar-refractivity contribution is 9.10. The minimum absolute atomic E-state index is 0.00991. The molecule has 10 nitrogen and oxygen atoms in total. The van der Waals surface area contributed by atoms with Crippen molar-refractivity contribution in [1.82, 2.24) is 9.80 Å². The largest absolute Gasteiger partial charge is 0.495 e. The number of benzene rings is 2. The fourth-order valence-electron chi connectivity index (χ4n) is 5.39. The van der Waals surface area contributed by atoms with Gasteiger partial charge in [-0.2, -0.15) is 0 Å². The van der Waals surface area contributed by atoms with E-state index >= 15 is 0 Å². The van der Waals surface area contributed by atoms with Gasteiger partial charge in [-0.25, -0.2) is 18.4 Å². The van der Waals surface area contributed by atoms with E-state index < -0.39 is 22.8 Å². The molecule has 310 valence electrons. The van der Waals surface area contributed by atoms with Crippen molar-refractivity contribution < 1.29 is 46.6 Å². The van der Waals surface area contributed by atoms with Crippen molar-refractivity contribution in [1.29, 1.82) is 0 Å². The molecule has 2 aromatic rings. The van der Waals surface area contributed by atoms with Crippen LogP contribution in [0.4, 0.5) is 18.4 Å². The van der Waals surface area contributed by atoms with E-state index in [0.29, 0.717) is 54.1 Å². The molecule has 0 atom stereocenters. The number of amides is 2. The lowest BCUT2D eigenvalue weighted by molar-refractivity contribution is 0.00578. The smallest absolute Gasteiger partial charge is 0.490 e. The molecule has 0 unspecified atom stereocenters. The van der Waals surface area contributed by atoms with E-state index in [1.807, 2.05) is 81.4 Å². The Balaban J connectivity index is 0.000000239. The number of hydrogen-bond acceptors (Lipinski definition) is 8. The average molecular weight is 890 g/mol. The molecule has 1 fully saturated rings. The molecule has 0 aromatic heterocycles. The quantitative estimate of drug-likeness (QED) is 0.221. The zero-order valence-corrected chi connectivity index (χ0v) is 37.4. The Morgan fingerprint density at radius 2 is 1.20 bits per heavy atom. The summed E-state index contributed by atoms with van der Waals surface area (Å²) in [6, 6.07) is 5.98. The first-order valence-corrected chi connectivity index (χ1v) is 19.7. The summed E-state index contributed by atoms with van der Waals surface area (Å²) in [7, 11) is 2.57. The van der Waals surface area contributed by atoms with E-state index in [1.54, 1.807) is 21.9 Å². The zero-order chi connectivity index (χ0) is 42.4. The summed E-state index contributed by atoms with van der Waals surface area (Å²) in [5, 5.41) is -0.0151. The van der Waals surface area contributed by atoms with Crippen LogP contribution in [0.1, 0.15) is 87.6 Å². The number of hydrogen-bond donors (Lipinski definition) is 0. The van der Waals surface area contributed by atoms with Gasteiger partial charge in [-0.3, -0.25) is 0 Å². The highest BCUT2D eigenvalue weighted by atomic mass is 79.9. The molecule has 0 N–H and O–H groups in total. The summed E-state index contributed by atoms with van der Waals surface area (Å²) in [6.07, 6.45) is 4.68. The molecule has 2 amide bonds. The molecular formula is C40H54BBrCl2F2N2O8. The first kappa shape index (κ1) is 47.3. The molecule has 16 heteroatoms. The van der Waals surface area contributed by atoms with Crippen LogP contribution in [0.25, 0.3) is 5.57 Å². The van der Waals surface area contributed by atoms with E-state index in [1.165, 1.54) is 26.4 Å². The second-order valence-corrected chi connectivity index (χ2v) is 18.0. The number of carbonyl (C=O) groups is 2. The highest BCUT2D eigenvalue weighted by Crippen LogP contribution is 2.40. The van der Waals surface area contributed by atoms with Gasteiger partial charge in [-0.05, 0) is 123 Å². The van der Waals surface area contributed by atoms with Gasteiger partial charge in [0.1, 0.15) is 44.4 Å². The maximum absolute atomic E-state index is 13.8. The van der Waals surface area contributed by atoms with Crippen LogP contribution in [0.3, 0.4) is 0 Å². The van der Waals surface area contributed by atoms with E-state index in [4.69, 9.17) is 51.5 Å². The SMILES string of the molecule is CC(C)(C)OC(=O)N1CC=C(B2OC(C)(C)C(C)(C)O2)CC1.COc1cc(Br)cc(F)c1Cl.COc1cc(C2=CCN(C(=O)OC(C)(C)C)CC2)cc(F)c1Cl. The van der Waals surface area contributed by atoms with Crippen molar-refractivity contribution in [2.75, 3.05) is 40.4 Å². The van der Waals surface area contributed by atoms with Crippen LogP contribution >= 0.6 is 39.1 Å². The fraction of sp³-hybridized carbons (Fsp3) is 0.550. The third-order valence-corrected chi connectivity index (χ3v) is 10.3. The van der Waals surface area contributed by atoms with Gasteiger partial charge in [0.2, 0.25) is 0 Å². The Hall–Kier alpha value is -3.04. The summed E-state index contributed by atoms with van der Waals surface area (Å²) >= 11 is 14.5. The Kier molecular flexibility index (Phi) is 16.2. The molecule has 0 bridgehead atoms. The standard InChI is InChI=1S/C17H21ClFNO3.C16H28BNO4.C7H5BrClFO/c1-17(2,3)23-16(21)20-7-5-11(6-8-20)12-9-13(19)15(18)14(10-12)22-4;1-14(2,3)20-13(19)18-10-8-12(9-11-18)17-21-15(4,5)16(6,7)22-17;1-11-6-3-4(8)2-5(10)7(6)9/h5,9-10H,6-8H2,1-4H3;8H,9-11H2,1-7H3;2-3H,1H3. The number of rotatable bonds is 4. The Bertz CT molecular complexity index is 1780. The Morgan fingerprint density at radius 1 is 0.750 bits per heavy atom. The molecule has 5 rings (SSSR count). The topological polar surface area (TPSA) is 96.0 Å². The van der Waals surface area contributed by atoms with Crippen molar-refractivity contribution in [2.24, 2.45) is 0 Å². The van der Waals surface area contributed by atoms with E-state index in [-0.39, 0.29) is 40.6 Å². The van der Waals surface area contributed by atoms with Crippen LogP contribution in [-0.2, 0) is 18.8 Å². The molecular weight excluding hydrogens is 836 g/mol. The number of carbonyl (C=O) groups excluding carboxylic acids is 2. The van der Waals surface area contributed by atoms with Gasteiger partial charge in [0.05, 0.1) is 25.4 Å². The van der Waals surface area contributed by atoms with Crippen LogP contribution in [-0.4, -0.2) is 91.9 Å². The highest BCUT2D eigenvalue weighted by Gasteiger charge is 2.52. The van der Waals surface area contributed by atoms with Crippen molar-refractivity contribution >= 4 is 64.0 Å². The number of ether oxygens (including phenoxy) is 4. The van der Waals surface area contributed by atoms with Crippen LogP contribution in [0.5, 0.6) is 11.5 Å². The van der Waals surface area contributed by atoms with Crippen molar-refractivity contribution in [3.05, 3.63) is 73.6 Å². The van der Waals surface area contributed by atoms with Gasteiger partial charge in [-0.15, -0.1) is 0 Å². The van der Waals surface area contributed by atoms with Crippen molar-refractivity contribution in [2.45, 2.75) is 104 Å². The predicted molar refractivity (Wildman–Crippen MR) is 221 cm³/mol. The second kappa shape index (κ2) is 19.1. The van der Waals surface area contributed by atoms with Gasteiger partial charge < -0.3 is 38.1 Å². The molecule has 0 spiro atoms. The fourth-order valence-corrected chi connectivity index (χ4v) is 6.17. The van der Waals surface area contributed by atoms with E-state index in [2.05, 4.69) is 15.9 Å². The molecule has 56 heavy (non-hydrogen) atoms. The minimum atomic E-state index is -0.520. The monoisotopic (exact) mass is 888 g/mol. The van der Waals surface area contributed by atoms with E-state index in [0.717, 1.165) is 17.5 Å². The third kappa shape index (κ3) is 13.3. The maximum atomic E-state index is 13.8. The first-order valence-electron chi connectivity index (χ1n) is 18.2. The minimum Gasteiger partial charge on any atom is -0.495 e. The Morgan fingerprint density at radius 3 is 1.61 bits per heavy atom.